The Morgan fingerprint density at radius 1 is 0.688 bits per heavy atom. The first-order valence-corrected chi connectivity index (χ1v) is 17.8. The number of nitrogens with one attached hydrogen (secondary N) is 1. The lowest BCUT2D eigenvalue weighted by atomic mass is 9.82. The van der Waals surface area contributed by atoms with Gasteiger partial charge >= 0.3 is 0 Å². The SMILES string of the molecule is C1=Cc2c(c3c(c4c2c2c5sccc5ccc2n4-c2ccc(C4C=C(c5ccccc5)NC(c5ccccc5)=N4)cc2)C=CCC3)CC1. The van der Waals surface area contributed by atoms with E-state index in [4.69, 9.17) is 4.99 Å². The molecule has 0 saturated carbocycles. The summed E-state index contributed by atoms with van der Waals surface area (Å²) in [6.07, 6.45) is 16.3. The van der Waals surface area contributed by atoms with E-state index in [0.717, 1.165) is 48.3 Å². The monoisotopic (exact) mass is 635 g/mol. The molecule has 1 unspecified atom stereocenters. The summed E-state index contributed by atoms with van der Waals surface area (Å²) in [6, 6.07) is 36.9. The van der Waals surface area contributed by atoms with Gasteiger partial charge in [0.2, 0.25) is 0 Å². The van der Waals surface area contributed by atoms with Crippen molar-refractivity contribution in [2.24, 2.45) is 4.99 Å². The van der Waals surface area contributed by atoms with Crippen LogP contribution in [-0.4, -0.2) is 10.4 Å². The quantitative estimate of drug-likeness (QED) is 0.205. The predicted octanol–water partition coefficient (Wildman–Crippen LogP) is 11.0. The van der Waals surface area contributed by atoms with Crippen molar-refractivity contribution in [3.63, 3.8) is 0 Å². The summed E-state index contributed by atoms with van der Waals surface area (Å²) in [5.41, 5.74) is 14.2. The largest absolute Gasteiger partial charge is 0.340 e. The van der Waals surface area contributed by atoms with Gasteiger partial charge in [-0.15, -0.1) is 11.3 Å². The Labute approximate surface area is 283 Å². The molecule has 0 radical (unpaired) electrons. The molecule has 230 valence electrons. The summed E-state index contributed by atoms with van der Waals surface area (Å²) < 4.78 is 3.92. The number of hydrogen-bond acceptors (Lipinski definition) is 3. The van der Waals surface area contributed by atoms with Gasteiger partial charge in [0, 0.05) is 38.0 Å². The van der Waals surface area contributed by atoms with Gasteiger partial charge in [0.05, 0.1) is 17.1 Å². The normalized spacial score (nSPS) is 16.9. The van der Waals surface area contributed by atoms with Crippen LogP contribution < -0.4 is 5.32 Å². The highest BCUT2D eigenvalue weighted by Crippen LogP contribution is 2.47. The van der Waals surface area contributed by atoms with Gasteiger partial charge in [-0.2, -0.15) is 0 Å². The highest BCUT2D eigenvalue weighted by molar-refractivity contribution is 7.18. The molecule has 1 N–H and O–H groups in total. The Hall–Kier alpha value is -5.45. The molecule has 3 nitrogen and oxygen atoms in total. The molecule has 0 bridgehead atoms. The number of nitrogens with zero attached hydrogens (tertiary/aromatic N) is 2. The predicted molar refractivity (Wildman–Crippen MR) is 204 cm³/mol. The van der Waals surface area contributed by atoms with Crippen molar-refractivity contribution in [1.29, 1.82) is 0 Å². The van der Waals surface area contributed by atoms with E-state index in [-0.39, 0.29) is 6.04 Å². The second-order valence-electron chi connectivity index (χ2n) is 13.0. The lowest BCUT2D eigenvalue weighted by Gasteiger charge is -2.24. The molecule has 2 aromatic heterocycles. The Morgan fingerprint density at radius 3 is 2.17 bits per heavy atom. The maximum atomic E-state index is 5.23. The van der Waals surface area contributed by atoms with E-state index >= 15 is 0 Å². The van der Waals surface area contributed by atoms with Crippen LogP contribution in [0.5, 0.6) is 0 Å². The third kappa shape index (κ3) is 4.29. The minimum Gasteiger partial charge on any atom is -0.340 e. The van der Waals surface area contributed by atoms with Gasteiger partial charge in [0.15, 0.2) is 0 Å². The number of allylic oxidation sites excluding steroid dienone is 2. The summed E-state index contributed by atoms with van der Waals surface area (Å²) in [6.45, 7) is 0. The van der Waals surface area contributed by atoms with E-state index in [1.807, 2.05) is 17.4 Å². The standard InChI is InChI=1S/C44H33N3S/c1-3-11-28(12-4-1)37-27-38(46-44(45-37)31-13-5-2-6-14-31)29-19-22-32(23-20-29)47-39-24-21-30-25-26-48-43(30)41(39)40-35-17-9-7-15-33(35)34-16-8-10-18-36(34)42(40)47/h1-6,9-14,17-27,38H,7-8,15-16H2,(H,45,46). The summed E-state index contributed by atoms with van der Waals surface area (Å²) in [5, 5.41) is 9.98. The molecule has 0 amide bonds. The van der Waals surface area contributed by atoms with Crippen LogP contribution in [0.4, 0.5) is 0 Å². The minimum atomic E-state index is -0.109. The van der Waals surface area contributed by atoms with Crippen molar-refractivity contribution in [3.8, 4) is 5.69 Å². The molecule has 7 aromatic rings. The molecule has 1 atom stereocenters. The highest BCUT2D eigenvalue weighted by atomic mass is 32.1. The van der Waals surface area contributed by atoms with E-state index in [1.54, 1.807) is 11.1 Å². The number of hydrogen-bond donors (Lipinski definition) is 1. The zero-order valence-corrected chi connectivity index (χ0v) is 27.3. The number of rotatable bonds is 4. The van der Waals surface area contributed by atoms with Crippen LogP contribution in [0.15, 0.2) is 132 Å². The lowest BCUT2D eigenvalue weighted by Crippen LogP contribution is -2.27. The van der Waals surface area contributed by atoms with Crippen molar-refractivity contribution in [2.75, 3.05) is 0 Å². The second kappa shape index (κ2) is 11.1. The van der Waals surface area contributed by atoms with Gasteiger partial charge in [-0.25, -0.2) is 0 Å². The third-order valence-electron chi connectivity index (χ3n) is 10.3. The maximum Gasteiger partial charge on any atom is 0.133 e. The molecular weight excluding hydrogens is 603 g/mol. The first-order chi connectivity index (χ1) is 23.8. The molecule has 10 rings (SSSR count). The third-order valence-corrected chi connectivity index (χ3v) is 11.2. The van der Waals surface area contributed by atoms with Crippen LogP contribution >= 0.6 is 11.3 Å². The maximum absolute atomic E-state index is 5.23. The van der Waals surface area contributed by atoms with E-state index < -0.39 is 0 Å². The average Bonchev–Trinajstić information content (AvgIpc) is 3.79. The first-order valence-electron chi connectivity index (χ1n) is 16.9. The smallest absolute Gasteiger partial charge is 0.133 e. The van der Waals surface area contributed by atoms with E-state index in [1.165, 1.54) is 54.3 Å². The fraction of sp³-hybridized carbons (Fsp3) is 0.114. The topological polar surface area (TPSA) is 29.3 Å². The number of amidine groups is 1. The summed E-state index contributed by atoms with van der Waals surface area (Å²) in [5.74, 6) is 0.893. The van der Waals surface area contributed by atoms with Gasteiger partial charge in [-0.05, 0) is 94.6 Å². The van der Waals surface area contributed by atoms with Crippen LogP contribution in [0.3, 0.4) is 0 Å². The number of benzene rings is 5. The number of thiophene rings is 1. The summed E-state index contributed by atoms with van der Waals surface area (Å²) in [7, 11) is 0. The van der Waals surface area contributed by atoms with Crippen molar-refractivity contribution < 1.29 is 0 Å². The molecule has 3 aliphatic rings. The molecule has 5 aromatic carbocycles. The Balaban J connectivity index is 1.18. The molecule has 4 heteroatoms. The summed E-state index contributed by atoms with van der Waals surface area (Å²) >= 11 is 1.86. The molecule has 1 aliphatic heterocycles. The average molecular weight is 636 g/mol. The van der Waals surface area contributed by atoms with Gasteiger partial charge in [0.1, 0.15) is 5.84 Å². The fourth-order valence-electron chi connectivity index (χ4n) is 8.05. The zero-order valence-electron chi connectivity index (χ0n) is 26.5. The van der Waals surface area contributed by atoms with Crippen molar-refractivity contribution in [2.45, 2.75) is 31.7 Å². The number of aromatic nitrogens is 1. The van der Waals surface area contributed by atoms with E-state index in [2.05, 4.69) is 143 Å². The molecule has 0 fully saturated rings. The number of fused-ring (bicyclic) bond motifs is 10. The first kappa shape index (κ1) is 27.6. The Kier molecular flexibility index (Phi) is 6.38. The van der Waals surface area contributed by atoms with Crippen LogP contribution in [0.2, 0.25) is 0 Å². The number of aliphatic imine (C=N–C) groups is 1. The zero-order chi connectivity index (χ0) is 31.6. The van der Waals surface area contributed by atoms with Crippen LogP contribution in [0.1, 0.15) is 57.8 Å². The molecule has 48 heavy (non-hydrogen) atoms. The Bertz CT molecular complexity index is 2450. The van der Waals surface area contributed by atoms with E-state index in [9.17, 15) is 0 Å². The lowest BCUT2D eigenvalue weighted by molar-refractivity contribution is 0.879. The molecule has 3 heterocycles. The van der Waals surface area contributed by atoms with Crippen molar-refractivity contribution in [3.05, 3.63) is 166 Å². The van der Waals surface area contributed by atoms with E-state index in [0.29, 0.717) is 0 Å². The van der Waals surface area contributed by atoms with Gasteiger partial charge in [-0.1, -0.05) is 103 Å². The van der Waals surface area contributed by atoms with Crippen LogP contribution in [0.25, 0.3) is 55.4 Å². The second-order valence-corrected chi connectivity index (χ2v) is 13.9. The van der Waals surface area contributed by atoms with Crippen LogP contribution in [0, 0.1) is 0 Å². The van der Waals surface area contributed by atoms with Gasteiger partial charge < -0.3 is 9.88 Å². The highest BCUT2D eigenvalue weighted by Gasteiger charge is 2.27. The summed E-state index contributed by atoms with van der Waals surface area (Å²) in [4.78, 5) is 5.23. The molecule has 2 aliphatic carbocycles. The fourth-order valence-corrected chi connectivity index (χ4v) is 9.00. The van der Waals surface area contributed by atoms with Crippen molar-refractivity contribution in [1.82, 2.24) is 9.88 Å². The van der Waals surface area contributed by atoms with Gasteiger partial charge in [0.25, 0.3) is 0 Å². The molecular formula is C44H33N3S. The van der Waals surface area contributed by atoms with Crippen LogP contribution in [-0.2, 0) is 12.8 Å². The molecule has 0 saturated heterocycles. The molecule has 0 spiro atoms. The minimum absolute atomic E-state index is 0.109. The Morgan fingerprint density at radius 2 is 1.40 bits per heavy atom. The van der Waals surface area contributed by atoms with Gasteiger partial charge in [-0.3, -0.25) is 4.99 Å². The van der Waals surface area contributed by atoms with Crippen molar-refractivity contribution >= 4 is 66.9 Å².